The van der Waals surface area contributed by atoms with E-state index in [2.05, 4.69) is 38.4 Å². The van der Waals surface area contributed by atoms with Gasteiger partial charge in [-0.25, -0.2) is 4.98 Å². The van der Waals surface area contributed by atoms with E-state index < -0.39 is 0 Å². The number of nitrogens with one attached hydrogen (secondary N) is 1. The van der Waals surface area contributed by atoms with Gasteiger partial charge in [0, 0.05) is 37.1 Å². The van der Waals surface area contributed by atoms with Gasteiger partial charge in [0.15, 0.2) is 0 Å². The van der Waals surface area contributed by atoms with E-state index in [1.807, 2.05) is 0 Å². The minimum absolute atomic E-state index is 0.0763. The molecule has 25 heavy (non-hydrogen) atoms. The number of anilines is 2. The molecule has 2 aliphatic rings. The Morgan fingerprint density at radius 3 is 2.76 bits per heavy atom. The molecule has 0 unspecified atom stereocenters. The van der Waals surface area contributed by atoms with Crippen LogP contribution in [0.2, 0.25) is 0 Å². The number of carbonyl (C=O) groups excluding carboxylic acids is 1. The molecule has 130 valence electrons. The third-order valence-electron chi connectivity index (χ3n) is 5.39. The standard InChI is InChI=1S/C20H24N4O/c25-20(23-18-7-3-5-15-4-1-2-6-17(15)18)16-8-12-24(13-9-16)19-14-21-10-11-22-19/h3,5,7,10-11,14,16H,1-2,4,6,8-9,12-13H2,(H,23,25). The molecule has 4 rings (SSSR count). The van der Waals surface area contributed by atoms with E-state index in [4.69, 9.17) is 0 Å². The zero-order chi connectivity index (χ0) is 17.1. The maximum Gasteiger partial charge on any atom is 0.227 e. The highest BCUT2D eigenvalue weighted by Crippen LogP contribution is 2.29. The van der Waals surface area contributed by atoms with Gasteiger partial charge in [-0.15, -0.1) is 0 Å². The number of aryl methyl sites for hydroxylation is 1. The molecule has 1 aromatic heterocycles. The van der Waals surface area contributed by atoms with Crippen molar-refractivity contribution < 1.29 is 4.79 Å². The van der Waals surface area contributed by atoms with Crippen molar-refractivity contribution in [3.05, 3.63) is 47.9 Å². The number of nitrogens with zero attached hydrogens (tertiary/aromatic N) is 3. The summed E-state index contributed by atoms with van der Waals surface area (Å²) in [6.07, 6.45) is 11.6. The first kappa shape index (κ1) is 16.1. The number of amides is 1. The minimum Gasteiger partial charge on any atom is -0.355 e. The molecule has 0 saturated carbocycles. The van der Waals surface area contributed by atoms with Crippen LogP contribution in [0.5, 0.6) is 0 Å². The molecule has 1 saturated heterocycles. The van der Waals surface area contributed by atoms with E-state index in [1.165, 1.54) is 24.0 Å². The zero-order valence-electron chi connectivity index (χ0n) is 14.4. The summed E-state index contributed by atoms with van der Waals surface area (Å²) in [5.74, 6) is 1.14. The molecule has 1 fully saturated rings. The lowest BCUT2D eigenvalue weighted by atomic mass is 9.90. The Morgan fingerprint density at radius 2 is 1.96 bits per heavy atom. The lowest BCUT2D eigenvalue weighted by Crippen LogP contribution is -2.38. The summed E-state index contributed by atoms with van der Waals surface area (Å²) in [6, 6.07) is 6.32. The Morgan fingerprint density at radius 1 is 1.12 bits per heavy atom. The number of hydrogen-bond acceptors (Lipinski definition) is 4. The van der Waals surface area contributed by atoms with Crippen LogP contribution in [0, 0.1) is 5.92 Å². The predicted octanol–water partition coefficient (Wildman–Crippen LogP) is 3.21. The van der Waals surface area contributed by atoms with Gasteiger partial charge < -0.3 is 10.2 Å². The van der Waals surface area contributed by atoms with Crippen LogP contribution in [0.15, 0.2) is 36.8 Å². The Hall–Kier alpha value is -2.43. The number of aromatic nitrogens is 2. The molecular formula is C20H24N4O. The van der Waals surface area contributed by atoms with Gasteiger partial charge in [0.25, 0.3) is 0 Å². The van der Waals surface area contributed by atoms with Crippen molar-refractivity contribution in [1.29, 1.82) is 0 Å². The first-order chi connectivity index (χ1) is 12.3. The summed E-state index contributed by atoms with van der Waals surface area (Å²) in [4.78, 5) is 23.4. The molecule has 5 nitrogen and oxygen atoms in total. The molecule has 5 heteroatoms. The lowest BCUT2D eigenvalue weighted by molar-refractivity contribution is -0.120. The summed E-state index contributed by atoms with van der Waals surface area (Å²) < 4.78 is 0. The van der Waals surface area contributed by atoms with Crippen LogP contribution >= 0.6 is 0 Å². The first-order valence-corrected chi connectivity index (χ1v) is 9.24. The van der Waals surface area contributed by atoms with E-state index in [9.17, 15) is 4.79 Å². The largest absolute Gasteiger partial charge is 0.355 e. The molecule has 0 atom stereocenters. The van der Waals surface area contributed by atoms with Crippen molar-refractivity contribution >= 4 is 17.4 Å². The third kappa shape index (κ3) is 3.50. The van der Waals surface area contributed by atoms with Crippen LogP contribution < -0.4 is 10.2 Å². The van der Waals surface area contributed by atoms with Gasteiger partial charge in [-0.2, -0.15) is 0 Å². The highest BCUT2D eigenvalue weighted by molar-refractivity contribution is 5.93. The Bertz CT molecular complexity index is 739. The molecule has 2 aromatic rings. The Labute approximate surface area is 148 Å². The second-order valence-corrected chi connectivity index (χ2v) is 6.96. The van der Waals surface area contributed by atoms with Gasteiger partial charge in [-0.3, -0.25) is 9.78 Å². The molecule has 1 aromatic carbocycles. The van der Waals surface area contributed by atoms with Gasteiger partial charge in [0.2, 0.25) is 5.91 Å². The zero-order valence-corrected chi connectivity index (χ0v) is 14.4. The summed E-state index contributed by atoms with van der Waals surface area (Å²) in [6.45, 7) is 1.70. The van der Waals surface area contributed by atoms with Crippen molar-refractivity contribution in [3.63, 3.8) is 0 Å². The average Bonchev–Trinajstić information content (AvgIpc) is 2.69. The second kappa shape index (κ2) is 7.21. The molecule has 1 N–H and O–H groups in total. The van der Waals surface area contributed by atoms with Crippen molar-refractivity contribution in [3.8, 4) is 0 Å². The van der Waals surface area contributed by atoms with E-state index in [-0.39, 0.29) is 11.8 Å². The van der Waals surface area contributed by atoms with Crippen LogP contribution in [0.4, 0.5) is 11.5 Å². The highest BCUT2D eigenvalue weighted by Gasteiger charge is 2.26. The molecule has 0 bridgehead atoms. The van der Waals surface area contributed by atoms with Crippen LogP contribution in [-0.4, -0.2) is 29.0 Å². The molecule has 0 radical (unpaired) electrons. The van der Waals surface area contributed by atoms with Crippen molar-refractivity contribution in [2.24, 2.45) is 5.92 Å². The number of piperidine rings is 1. The number of benzene rings is 1. The maximum absolute atomic E-state index is 12.7. The van der Waals surface area contributed by atoms with E-state index in [0.717, 1.165) is 50.3 Å². The fourth-order valence-electron chi connectivity index (χ4n) is 3.96. The van der Waals surface area contributed by atoms with Gasteiger partial charge >= 0.3 is 0 Å². The minimum atomic E-state index is 0.0763. The highest BCUT2D eigenvalue weighted by atomic mass is 16.1. The summed E-state index contributed by atoms with van der Waals surface area (Å²) in [5, 5.41) is 3.21. The summed E-state index contributed by atoms with van der Waals surface area (Å²) in [5.41, 5.74) is 3.78. The fourth-order valence-corrected chi connectivity index (χ4v) is 3.96. The van der Waals surface area contributed by atoms with E-state index >= 15 is 0 Å². The maximum atomic E-state index is 12.7. The smallest absolute Gasteiger partial charge is 0.227 e. The normalized spacial score (nSPS) is 17.8. The topological polar surface area (TPSA) is 58.1 Å². The molecule has 0 spiro atoms. The predicted molar refractivity (Wildman–Crippen MR) is 98.7 cm³/mol. The Kier molecular flexibility index (Phi) is 4.63. The van der Waals surface area contributed by atoms with Crippen LogP contribution in [0.25, 0.3) is 0 Å². The number of hydrogen-bond donors (Lipinski definition) is 1. The number of rotatable bonds is 3. The van der Waals surface area contributed by atoms with Crippen LogP contribution in [0.3, 0.4) is 0 Å². The fraction of sp³-hybridized carbons (Fsp3) is 0.450. The Balaban J connectivity index is 1.38. The van der Waals surface area contributed by atoms with Crippen LogP contribution in [0.1, 0.15) is 36.8 Å². The molecule has 2 heterocycles. The third-order valence-corrected chi connectivity index (χ3v) is 5.39. The van der Waals surface area contributed by atoms with Crippen molar-refractivity contribution in [2.45, 2.75) is 38.5 Å². The summed E-state index contributed by atoms with van der Waals surface area (Å²) in [7, 11) is 0. The van der Waals surface area contributed by atoms with Crippen molar-refractivity contribution in [2.75, 3.05) is 23.3 Å². The number of fused-ring (bicyclic) bond motifs is 1. The average molecular weight is 336 g/mol. The molecular weight excluding hydrogens is 312 g/mol. The van der Waals surface area contributed by atoms with Gasteiger partial charge in [-0.1, -0.05) is 12.1 Å². The van der Waals surface area contributed by atoms with Gasteiger partial charge in [-0.05, 0) is 55.7 Å². The second-order valence-electron chi connectivity index (χ2n) is 6.96. The number of carbonyl (C=O) groups is 1. The van der Waals surface area contributed by atoms with E-state index in [1.54, 1.807) is 18.6 Å². The molecule has 1 amide bonds. The SMILES string of the molecule is O=C(Nc1cccc2c1CCCC2)C1CCN(c2cnccn2)CC1. The quantitative estimate of drug-likeness (QED) is 0.935. The molecule has 1 aliphatic heterocycles. The monoisotopic (exact) mass is 336 g/mol. The van der Waals surface area contributed by atoms with E-state index in [0.29, 0.717) is 0 Å². The van der Waals surface area contributed by atoms with Gasteiger partial charge in [0.1, 0.15) is 5.82 Å². The van der Waals surface area contributed by atoms with Crippen molar-refractivity contribution in [1.82, 2.24) is 9.97 Å². The first-order valence-electron chi connectivity index (χ1n) is 9.24. The van der Waals surface area contributed by atoms with Gasteiger partial charge in [0.05, 0.1) is 6.20 Å². The summed E-state index contributed by atoms with van der Waals surface area (Å²) >= 11 is 0. The molecule has 1 aliphatic carbocycles. The lowest BCUT2D eigenvalue weighted by Gasteiger charge is -2.32. The van der Waals surface area contributed by atoms with Crippen LogP contribution in [-0.2, 0) is 17.6 Å².